The summed E-state index contributed by atoms with van der Waals surface area (Å²) in [7, 11) is 0. The van der Waals surface area contributed by atoms with E-state index in [2.05, 4.69) is 4.98 Å². The van der Waals surface area contributed by atoms with Gasteiger partial charge in [0, 0.05) is 25.1 Å². The fourth-order valence-corrected chi connectivity index (χ4v) is 2.41. The summed E-state index contributed by atoms with van der Waals surface area (Å²) in [5.74, 6) is 0.785. The maximum atomic E-state index is 11.9. The predicted molar refractivity (Wildman–Crippen MR) is 65.6 cm³/mol. The second-order valence-electron chi connectivity index (χ2n) is 4.40. The van der Waals surface area contributed by atoms with Crippen molar-refractivity contribution < 1.29 is 4.92 Å². The Morgan fingerprint density at radius 2 is 2.17 bits per heavy atom. The highest BCUT2D eigenvalue weighted by molar-refractivity contribution is 5.80. The van der Waals surface area contributed by atoms with Crippen LogP contribution in [0.4, 0.5) is 5.69 Å². The minimum absolute atomic E-state index is 0.0715. The Morgan fingerprint density at radius 3 is 2.94 bits per heavy atom. The van der Waals surface area contributed by atoms with E-state index in [0.29, 0.717) is 5.39 Å². The number of nitro groups is 1. The van der Waals surface area contributed by atoms with Crippen LogP contribution in [0.2, 0.25) is 0 Å². The van der Waals surface area contributed by atoms with Crippen LogP contribution in [0.3, 0.4) is 0 Å². The number of aromatic nitrogens is 2. The lowest BCUT2D eigenvalue weighted by atomic mass is 10.1. The average molecular weight is 245 g/mol. The summed E-state index contributed by atoms with van der Waals surface area (Å²) in [5, 5.41) is 11.0. The second kappa shape index (κ2) is 3.90. The van der Waals surface area contributed by atoms with Crippen molar-refractivity contribution in [2.45, 2.75) is 25.8 Å². The number of nitro benzene ring substituents is 1. The van der Waals surface area contributed by atoms with Crippen molar-refractivity contribution in [2.75, 3.05) is 0 Å². The molecule has 1 aliphatic rings. The molecule has 2 heterocycles. The Kier molecular flexibility index (Phi) is 2.36. The molecule has 1 aromatic carbocycles. The van der Waals surface area contributed by atoms with Gasteiger partial charge in [-0.25, -0.2) is 0 Å². The van der Waals surface area contributed by atoms with Crippen LogP contribution in [0.1, 0.15) is 18.7 Å². The molecule has 0 saturated heterocycles. The van der Waals surface area contributed by atoms with Crippen LogP contribution in [0, 0.1) is 10.1 Å². The van der Waals surface area contributed by atoms with E-state index in [9.17, 15) is 14.9 Å². The highest BCUT2D eigenvalue weighted by atomic mass is 16.6. The molecule has 0 fully saturated rings. The molecule has 92 valence electrons. The first-order valence-corrected chi connectivity index (χ1v) is 5.85. The number of hydrogen-bond donors (Lipinski definition) is 0. The summed E-state index contributed by atoms with van der Waals surface area (Å²) >= 11 is 0. The fourth-order valence-electron chi connectivity index (χ4n) is 2.41. The zero-order valence-electron chi connectivity index (χ0n) is 9.63. The third-order valence-corrected chi connectivity index (χ3v) is 3.29. The van der Waals surface area contributed by atoms with E-state index in [1.807, 2.05) is 4.57 Å². The number of fused-ring (bicyclic) bond motifs is 3. The molecule has 0 aliphatic carbocycles. The van der Waals surface area contributed by atoms with E-state index in [-0.39, 0.29) is 11.2 Å². The van der Waals surface area contributed by atoms with Crippen molar-refractivity contribution in [3.05, 3.63) is 44.5 Å². The van der Waals surface area contributed by atoms with E-state index >= 15 is 0 Å². The lowest BCUT2D eigenvalue weighted by Gasteiger charge is -2.19. The van der Waals surface area contributed by atoms with Crippen LogP contribution in [-0.2, 0) is 13.0 Å². The zero-order valence-corrected chi connectivity index (χ0v) is 9.63. The molecule has 0 atom stereocenters. The summed E-state index contributed by atoms with van der Waals surface area (Å²) in [6, 6.07) is 4.39. The van der Waals surface area contributed by atoms with E-state index < -0.39 is 4.92 Å². The van der Waals surface area contributed by atoms with E-state index in [4.69, 9.17) is 0 Å². The molecule has 6 heteroatoms. The third kappa shape index (κ3) is 1.57. The highest BCUT2D eigenvalue weighted by Crippen LogP contribution is 2.21. The van der Waals surface area contributed by atoms with Crippen LogP contribution in [0.15, 0.2) is 23.0 Å². The van der Waals surface area contributed by atoms with Gasteiger partial charge in [-0.05, 0) is 18.9 Å². The van der Waals surface area contributed by atoms with Gasteiger partial charge < -0.3 is 4.57 Å². The number of hydrogen-bond acceptors (Lipinski definition) is 4. The van der Waals surface area contributed by atoms with Gasteiger partial charge in [-0.1, -0.05) is 0 Å². The minimum atomic E-state index is -0.497. The molecule has 0 spiro atoms. The van der Waals surface area contributed by atoms with Gasteiger partial charge in [0.15, 0.2) is 0 Å². The van der Waals surface area contributed by atoms with Gasteiger partial charge in [0.05, 0.1) is 15.8 Å². The van der Waals surface area contributed by atoms with Crippen molar-refractivity contribution in [2.24, 2.45) is 0 Å². The second-order valence-corrected chi connectivity index (χ2v) is 4.40. The minimum Gasteiger partial charge on any atom is -0.329 e. The van der Waals surface area contributed by atoms with E-state index in [1.54, 1.807) is 6.07 Å². The molecule has 1 aliphatic heterocycles. The average Bonchev–Trinajstić information content (AvgIpc) is 2.38. The van der Waals surface area contributed by atoms with Crippen molar-refractivity contribution in [3.8, 4) is 0 Å². The van der Waals surface area contributed by atoms with Crippen molar-refractivity contribution in [1.82, 2.24) is 9.55 Å². The molecule has 0 amide bonds. The monoisotopic (exact) mass is 245 g/mol. The number of aryl methyl sites for hydroxylation is 2. The molecular weight excluding hydrogens is 234 g/mol. The van der Waals surface area contributed by atoms with Crippen molar-refractivity contribution in [1.29, 1.82) is 0 Å². The van der Waals surface area contributed by atoms with Gasteiger partial charge in [-0.2, -0.15) is 4.98 Å². The number of rotatable bonds is 1. The molecule has 18 heavy (non-hydrogen) atoms. The standard InChI is InChI=1S/C12H11N3O3/c16-12-9-7-8(15(17)18)4-5-10(9)14-6-2-1-3-11(14)13-12/h4-5,7H,1-3,6H2. The lowest BCUT2D eigenvalue weighted by Crippen LogP contribution is -2.22. The first-order valence-electron chi connectivity index (χ1n) is 5.85. The molecular formula is C12H11N3O3. The van der Waals surface area contributed by atoms with Gasteiger partial charge in [-0.15, -0.1) is 0 Å². The highest BCUT2D eigenvalue weighted by Gasteiger charge is 2.16. The number of non-ortho nitro benzene ring substituents is 1. The molecule has 2 aromatic rings. The molecule has 0 bridgehead atoms. The molecule has 6 nitrogen and oxygen atoms in total. The van der Waals surface area contributed by atoms with Crippen molar-refractivity contribution in [3.63, 3.8) is 0 Å². The Hall–Kier alpha value is -2.24. The quantitative estimate of drug-likeness (QED) is 0.565. The Balaban J connectivity index is 2.35. The maximum Gasteiger partial charge on any atom is 0.281 e. The van der Waals surface area contributed by atoms with Crippen LogP contribution in [0.5, 0.6) is 0 Å². The van der Waals surface area contributed by atoms with E-state index in [0.717, 1.165) is 37.1 Å². The van der Waals surface area contributed by atoms with Crippen LogP contribution in [-0.4, -0.2) is 14.5 Å². The summed E-state index contributed by atoms with van der Waals surface area (Å²) in [4.78, 5) is 26.1. The first-order chi connectivity index (χ1) is 8.66. The summed E-state index contributed by atoms with van der Waals surface area (Å²) in [6.07, 6.45) is 2.87. The Labute approximate surface area is 102 Å². The maximum absolute atomic E-state index is 11.9. The van der Waals surface area contributed by atoms with Gasteiger partial charge in [-0.3, -0.25) is 14.9 Å². The van der Waals surface area contributed by atoms with Crippen molar-refractivity contribution >= 4 is 16.6 Å². The number of benzene rings is 1. The van der Waals surface area contributed by atoms with Crippen LogP contribution in [0.25, 0.3) is 10.9 Å². The Bertz CT molecular complexity index is 706. The molecule has 0 saturated carbocycles. The van der Waals surface area contributed by atoms with Gasteiger partial charge >= 0.3 is 0 Å². The molecule has 3 rings (SSSR count). The molecule has 0 N–H and O–H groups in total. The zero-order chi connectivity index (χ0) is 12.7. The summed E-state index contributed by atoms with van der Waals surface area (Å²) in [6.45, 7) is 0.816. The van der Waals surface area contributed by atoms with Gasteiger partial charge in [0.1, 0.15) is 5.82 Å². The molecule has 0 radical (unpaired) electrons. The molecule has 1 aromatic heterocycles. The Morgan fingerprint density at radius 1 is 1.33 bits per heavy atom. The smallest absolute Gasteiger partial charge is 0.281 e. The predicted octanol–water partition coefficient (Wildman–Crippen LogP) is 1.64. The lowest BCUT2D eigenvalue weighted by molar-refractivity contribution is -0.384. The summed E-state index contributed by atoms with van der Waals surface area (Å²) < 4.78 is 1.99. The van der Waals surface area contributed by atoms with Gasteiger partial charge in [0.2, 0.25) is 0 Å². The van der Waals surface area contributed by atoms with E-state index in [1.165, 1.54) is 12.1 Å². The first kappa shape index (κ1) is 10.9. The summed E-state index contributed by atoms with van der Waals surface area (Å²) in [5.41, 5.74) is 0.301. The SMILES string of the molecule is O=c1nc2n(c3ccc([N+](=O)[O-])cc13)CCCC2. The van der Waals surface area contributed by atoms with Gasteiger partial charge in [0.25, 0.3) is 11.2 Å². The van der Waals surface area contributed by atoms with Crippen LogP contribution < -0.4 is 5.56 Å². The fraction of sp³-hybridized carbons (Fsp3) is 0.333. The molecule has 0 unspecified atom stereocenters. The number of nitrogens with zero attached hydrogens (tertiary/aromatic N) is 3. The normalized spacial score (nSPS) is 14.4. The topological polar surface area (TPSA) is 78.0 Å². The van der Waals surface area contributed by atoms with Crippen LogP contribution >= 0.6 is 0 Å². The largest absolute Gasteiger partial charge is 0.329 e. The third-order valence-electron chi connectivity index (χ3n) is 3.29.